The van der Waals surface area contributed by atoms with Crippen molar-refractivity contribution in [3.8, 4) is 0 Å². The lowest BCUT2D eigenvalue weighted by Gasteiger charge is -2.41. The highest BCUT2D eigenvalue weighted by Gasteiger charge is 2.35. The van der Waals surface area contributed by atoms with Crippen molar-refractivity contribution < 1.29 is 4.79 Å². The van der Waals surface area contributed by atoms with Gasteiger partial charge in [-0.3, -0.25) is 15.1 Å². The van der Waals surface area contributed by atoms with Crippen LogP contribution in [0.1, 0.15) is 25.5 Å². The highest BCUT2D eigenvalue weighted by Crippen LogP contribution is 2.31. The molecule has 0 aromatic heterocycles. The number of amides is 1. The molecule has 104 valence electrons. The van der Waals surface area contributed by atoms with Crippen LogP contribution in [0.15, 0.2) is 30.3 Å². The van der Waals surface area contributed by atoms with Gasteiger partial charge in [-0.15, -0.1) is 0 Å². The number of hydrogen-bond donors (Lipinski definition) is 2. The molecule has 1 heterocycles. The first kappa shape index (κ1) is 14.4. The molecular weight excluding hydrogens is 258 g/mol. The number of nitrogens with one attached hydrogen (secondary N) is 1. The Kier molecular flexibility index (Phi) is 4.85. The summed E-state index contributed by atoms with van der Waals surface area (Å²) in [6.07, 6.45) is 0. The molecule has 5 heteroatoms. The number of hydrogen-bond acceptors (Lipinski definition) is 4. The SMILES string of the molecule is CC1SCCN(C(C(=O)NN)c2ccccc2)C1C. The molecule has 1 aromatic carbocycles. The minimum atomic E-state index is -0.301. The predicted octanol–water partition coefficient (Wildman–Crippen LogP) is 1.54. The van der Waals surface area contributed by atoms with Gasteiger partial charge in [-0.25, -0.2) is 5.84 Å². The average Bonchev–Trinajstić information content (AvgIpc) is 2.44. The van der Waals surface area contributed by atoms with Gasteiger partial charge in [0.05, 0.1) is 0 Å². The van der Waals surface area contributed by atoms with Gasteiger partial charge in [0.2, 0.25) is 0 Å². The van der Waals surface area contributed by atoms with E-state index in [1.54, 1.807) is 0 Å². The number of nitrogens with zero attached hydrogens (tertiary/aromatic N) is 1. The molecule has 1 amide bonds. The van der Waals surface area contributed by atoms with E-state index in [1.165, 1.54) is 0 Å². The minimum absolute atomic E-state index is 0.142. The second kappa shape index (κ2) is 6.41. The highest BCUT2D eigenvalue weighted by atomic mass is 32.2. The molecule has 0 saturated carbocycles. The third kappa shape index (κ3) is 3.11. The fourth-order valence-electron chi connectivity index (χ4n) is 2.53. The zero-order valence-electron chi connectivity index (χ0n) is 11.4. The van der Waals surface area contributed by atoms with E-state index in [4.69, 9.17) is 5.84 Å². The van der Waals surface area contributed by atoms with E-state index in [0.29, 0.717) is 11.3 Å². The van der Waals surface area contributed by atoms with Crippen molar-refractivity contribution in [3.05, 3.63) is 35.9 Å². The predicted molar refractivity (Wildman–Crippen MR) is 79.6 cm³/mol. The van der Waals surface area contributed by atoms with Crippen LogP contribution in [0.3, 0.4) is 0 Å². The molecule has 4 nitrogen and oxygen atoms in total. The molecule has 2 rings (SSSR count). The quantitative estimate of drug-likeness (QED) is 0.501. The average molecular weight is 279 g/mol. The monoisotopic (exact) mass is 279 g/mol. The Balaban J connectivity index is 2.30. The Hall–Kier alpha value is -1.04. The van der Waals surface area contributed by atoms with Crippen molar-refractivity contribution in [2.24, 2.45) is 5.84 Å². The van der Waals surface area contributed by atoms with E-state index in [-0.39, 0.29) is 11.9 Å². The molecule has 1 aliphatic heterocycles. The maximum atomic E-state index is 12.2. The van der Waals surface area contributed by atoms with Gasteiger partial charge in [0.25, 0.3) is 5.91 Å². The first-order valence-electron chi connectivity index (χ1n) is 6.58. The largest absolute Gasteiger partial charge is 0.293 e. The van der Waals surface area contributed by atoms with Gasteiger partial charge in [-0.05, 0) is 12.5 Å². The van der Waals surface area contributed by atoms with Gasteiger partial charge in [-0.1, -0.05) is 37.3 Å². The van der Waals surface area contributed by atoms with Crippen LogP contribution in [0.2, 0.25) is 0 Å². The molecule has 1 aliphatic rings. The Morgan fingerprint density at radius 3 is 2.74 bits per heavy atom. The zero-order chi connectivity index (χ0) is 13.8. The number of nitrogens with two attached hydrogens (primary N) is 1. The number of rotatable bonds is 3. The minimum Gasteiger partial charge on any atom is -0.293 e. The summed E-state index contributed by atoms with van der Waals surface area (Å²) in [5, 5.41) is 0.519. The standard InChI is InChI=1S/C14H21N3OS/c1-10-11(2)19-9-8-17(10)13(14(18)16-15)12-6-4-3-5-7-12/h3-7,10-11,13H,8-9,15H2,1-2H3,(H,16,18). The van der Waals surface area contributed by atoms with Gasteiger partial charge in [-0.2, -0.15) is 11.8 Å². The number of carbonyl (C=O) groups is 1. The summed E-state index contributed by atoms with van der Waals surface area (Å²) in [5.41, 5.74) is 3.31. The second-order valence-corrected chi connectivity index (χ2v) is 6.36. The molecule has 3 unspecified atom stereocenters. The Labute approximate surface area is 118 Å². The van der Waals surface area contributed by atoms with Crippen molar-refractivity contribution in [3.63, 3.8) is 0 Å². The summed E-state index contributed by atoms with van der Waals surface area (Å²) in [7, 11) is 0. The smallest absolute Gasteiger partial charge is 0.255 e. The van der Waals surface area contributed by atoms with E-state index < -0.39 is 0 Å². The van der Waals surface area contributed by atoms with Crippen LogP contribution in [0.4, 0.5) is 0 Å². The molecule has 0 aliphatic carbocycles. The third-order valence-corrected chi connectivity index (χ3v) is 5.11. The van der Waals surface area contributed by atoms with Crippen LogP contribution < -0.4 is 11.3 Å². The topological polar surface area (TPSA) is 58.4 Å². The van der Waals surface area contributed by atoms with Crippen LogP contribution >= 0.6 is 11.8 Å². The van der Waals surface area contributed by atoms with Gasteiger partial charge < -0.3 is 0 Å². The molecular formula is C14H21N3OS. The lowest BCUT2D eigenvalue weighted by molar-refractivity contribution is -0.127. The third-order valence-electron chi connectivity index (χ3n) is 3.77. The molecule has 1 aromatic rings. The first-order valence-corrected chi connectivity index (χ1v) is 7.62. The lowest BCUT2D eigenvalue weighted by Crippen LogP contribution is -2.51. The Bertz CT molecular complexity index is 426. The van der Waals surface area contributed by atoms with Crippen LogP contribution in [0.25, 0.3) is 0 Å². The van der Waals surface area contributed by atoms with Crippen LogP contribution in [-0.2, 0) is 4.79 Å². The first-order chi connectivity index (χ1) is 9.15. The summed E-state index contributed by atoms with van der Waals surface area (Å²) in [5.74, 6) is 6.27. The zero-order valence-corrected chi connectivity index (χ0v) is 12.2. The summed E-state index contributed by atoms with van der Waals surface area (Å²) >= 11 is 1.96. The van der Waals surface area contributed by atoms with Crippen LogP contribution in [0.5, 0.6) is 0 Å². The second-order valence-electron chi connectivity index (χ2n) is 4.88. The molecule has 3 atom stereocenters. The Morgan fingerprint density at radius 2 is 2.11 bits per heavy atom. The van der Waals surface area contributed by atoms with Crippen molar-refractivity contribution in [1.82, 2.24) is 10.3 Å². The normalized spacial score (nSPS) is 25.8. The molecule has 1 fully saturated rings. The maximum Gasteiger partial charge on any atom is 0.255 e. The molecule has 19 heavy (non-hydrogen) atoms. The Morgan fingerprint density at radius 1 is 1.42 bits per heavy atom. The van der Waals surface area contributed by atoms with Gasteiger partial charge in [0, 0.05) is 23.6 Å². The molecule has 0 radical (unpaired) electrons. The molecule has 3 N–H and O–H groups in total. The van der Waals surface area contributed by atoms with E-state index in [2.05, 4.69) is 24.2 Å². The molecule has 1 saturated heterocycles. The van der Waals surface area contributed by atoms with Gasteiger partial charge in [0.1, 0.15) is 6.04 Å². The highest BCUT2D eigenvalue weighted by molar-refractivity contribution is 8.00. The summed E-state index contributed by atoms with van der Waals surface area (Å²) < 4.78 is 0. The van der Waals surface area contributed by atoms with Gasteiger partial charge in [0.15, 0.2) is 0 Å². The van der Waals surface area contributed by atoms with Crippen LogP contribution in [0, 0.1) is 0 Å². The number of thioether (sulfide) groups is 1. The van der Waals surface area contributed by atoms with E-state index >= 15 is 0 Å². The summed E-state index contributed by atoms with van der Waals surface area (Å²) in [6.45, 7) is 5.30. The number of carbonyl (C=O) groups excluding carboxylic acids is 1. The summed E-state index contributed by atoms with van der Waals surface area (Å²) in [6, 6.07) is 9.89. The van der Waals surface area contributed by atoms with Crippen molar-refractivity contribution >= 4 is 17.7 Å². The fourth-order valence-corrected chi connectivity index (χ4v) is 3.65. The lowest BCUT2D eigenvalue weighted by atomic mass is 10.0. The van der Waals surface area contributed by atoms with E-state index in [1.807, 2.05) is 42.1 Å². The van der Waals surface area contributed by atoms with Crippen molar-refractivity contribution in [1.29, 1.82) is 0 Å². The van der Waals surface area contributed by atoms with Gasteiger partial charge >= 0.3 is 0 Å². The van der Waals surface area contributed by atoms with Crippen LogP contribution in [-0.4, -0.2) is 34.4 Å². The molecule has 0 bridgehead atoms. The number of hydrazine groups is 1. The van der Waals surface area contributed by atoms with E-state index in [9.17, 15) is 4.79 Å². The number of benzene rings is 1. The summed E-state index contributed by atoms with van der Waals surface area (Å²) in [4.78, 5) is 14.4. The van der Waals surface area contributed by atoms with Crippen molar-refractivity contribution in [2.75, 3.05) is 12.3 Å². The maximum absolute atomic E-state index is 12.2. The fraction of sp³-hybridized carbons (Fsp3) is 0.500. The van der Waals surface area contributed by atoms with Crippen molar-refractivity contribution in [2.45, 2.75) is 31.2 Å². The molecule has 0 spiro atoms. The van der Waals surface area contributed by atoms with E-state index in [0.717, 1.165) is 17.9 Å².